The SMILES string of the molecule is COC(=O)c1ccc(CCCC2CCC(=O)[C@@H]2COc2cc(Cl)cc(COC(C)=O)c2)s1. The molecule has 1 aliphatic rings. The highest BCUT2D eigenvalue weighted by Gasteiger charge is 2.34. The molecule has 0 radical (unpaired) electrons. The molecular weight excluding hydrogens is 452 g/mol. The molecule has 1 fully saturated rings. The van der Waals surface area contributed by atoms with Gasteiger partial charge in [-0.3, -0.25) is 9.59 Å². The number of aryl methyl sites for hydroxylation is 1. The Hall–Kier alpha value is -2.38. The Labute approximate surface area is 196 Å². The van der Waals surface area contributed by atoms with Gasteiger partial charge in [0.2, 0.25) is 0 Å². The standard InChI is InChI=1S/C24H27ClO6S/c1-15(26)30-13-16-10-18(25)12-19(11-16)31-14-21-17(6-8-22(21)27)4-3-5-20-7-9-23(32-20)24(28)29-2/h7,9-12,17,21H,3-6,8,13-14H2,1-2H3/t17?,21-/m1/s1. The first-order valence-electron chi connectivity index (χ1n) is 10.6. The van der Waals surface area contributed by atoms with Gasteiger partial charge in [0.15, 0.2) is 0 Å². The number of carbonyl (C=O) groups is 3. The molecule has 1 saturated carbocycles. The summed E-state index contributed by atoms with van der Waals surface area (Å²) in [4.78, 5) is 36.8. The average Bonchev–Trinajstić information content (AvgIpc) is 3.37. The summed E-state index contributed by atoms with van der Waals surface area (Å²) in [5.74, 6) is 0.267. The lowest BCUT2D eigenvalue weighted by Gasteiger charge is -2.19. The maximum Gasteiger partial charge on any atom is 0.348 e. The first kappa shape index (κ1) is 24.3. The van der Waals surface area contributed by atoms with Crippen molar-refractivity contribution in [1.29, 1.82) is 0 Å². The number of carbonyl (C=O) groups excluding carboxylic acids is 3. The van der Waals surface area contributed by atoms with Crippen molar-refractivity contribution in [3.8, 4) is 5.75 Å². The molecule has 1 unspecified atom stereocenters. The number of rotatable bonds is 10. The minimum atomic E-state index is -0.365. The Balaban J connectivity index is 1.52. The van der Waals surface area contributed by atoms with Crippen LogP contribution in [0.15, 0.2) is 30.3 Å². The maximum absolute atomic E-state index is 12.4. The number of Topliss-reactive ketones (excluding diaryl/α,β-unsaturated/α-hetero) is 1. The van der Waals surface area contributed by atoms with Crippen LogP contribution in [0.25, 0.3) is 0 Å². The molecule has 0 amide bonds. The van der Waals surface area contributed by atoms with Crippen molar-refractivity contribution in [3.63, 3.8) is 0 Å². The molecule has 0 spiro atoms. The van der Waals surface area contributed by atoms with E-state index in [-0.39, 0.29) is 36.2 Å². The van der Waals surface area contributed by atoms with Crippen molar-refractivity contribution >= 4 is 40.7 Å². The highest BCUT2D eigenvalue weighted by molar-refractivity contribution is 7.13. The monoisotopic (exact) mass is 478 g/mol. The molecule has 1 aromatic heterocycles. The molecule has 32 heavy (non-hydrogen) atoms. The van der Waals surface area contributed by atoms with Crippen LogP contribution in [-0.4, -0.2) is 31.4 Å². The van der Waals surface area contributed by atoms with Crippen molar-refractivity contribution in [2.45, 2.75) is 45.6 Å². The quantitative estimate of drug-likeness (QED) is 0.434. The van der Waals surface area contributed by atoms with E-state index in [0.717, 1.165) is 36.1 Å². The Morgan fingerprint density at radius 1 is 1.22 bits per heavy atom. The van der Waals surface area contributed by atoms with Gasteiger partial charge >= 0.3 is 11.9 Å². The zero-order valence-electron chi connectivity index (χ0n) is 18.2. The normalized spacial score (nSPS) is 17.9. The molecule has 1 aromatic carbocycles. The molecule has 0 saturated heterocycles. The fourth-order valence-corrected chi connectivity index (χ4v) is 5.19. The van der Waals surface area contributed by atoms with Crippen LogP contribution in [0.3, 0.4) is 0 Å². The Morgan fingerprint density at radius 3 is 2.78 bits per heavy atom. The van der Waals surface area contributed by atoms with E-state index in [1.54, 1.807) is 24.3 Å². The van der Waals surface area contributed by atoms with Crippen LogP contribution >= 0.6 is 22.9 Å². The smallest absolute Gasteiger partial charge is 0.348 e. The average molecular weight is 479 g/mol. The molecule has 0 N–H and O–H groups in total. The number of esters is 2. The van der Waals surface area contributed by atoms with Crippen LogP contribution in [0.2, 0.25) is 5.02 Å². The van der Waals surface area contributed by atoms with Crippen LogP contribution < -0.4 is 4.74 Å². The van der Waals surface area contributed by atoms with Crippen molar-refractivity contribution in [1.82, 2.24) is 0 Å². The van der Waals surface area contributed by atoms with E-state index in [0.29, 0.717) is 28.7 Å². The van der Waals surface area contributed by atoms with Gasteiger partial charge < -0.3 is 14.2 Å². The number of ether oxygens (including phenoxy) is 3. The third-order valence-corrected chi connectivity index (χ3v) is 6.94. The molecule has 2 aromatic rings. The molecule has 2 atom stereocenters. The minimum Gasteiger partial charge on any atom is -0.493 e. The second-order valence-corrected chi connectivity index (χ2v) is 9.51. The second-order valence-electron chi connectivity index (χ2n) is 7.91. The minimum absolute atomic E-state index is 0.123. The lowest BCUT2D eigenvalue weighted by Crippen LogP contribution is -2.23. The summed E-state index contributed by atoms with van der Waals surface area (Å²) in [6.45, 7) is 1.78. The van der Waals surface area contributed by atoms with Crippen molar-refractivity contribution < 1.29 is 28.6 Å². The van der Waals surface area contributed by atoms with Crippen molar-refractivity contribution in [3.05, 3.63) is 50.7 Å². The summed E-state index contributed by atoms with van der Waals surface area (Å²) in [7, 11) is 1.38. The van der Waals surface area contributed by atoms with Crippen LogP contribution in [0, 0.1) is 11.8 Å². The second kappa shape index (κ2) is 11.5. The highest BCUT2D eigenvalue weighted by atomic mass is 35.5. The largest absolute Gasteiger partial charge is 0.493 e. The number of benzene rings is 1. The molecule has 0 aliphatic heterocycles. The van der Waals surface area contributed by atoms with E-state index >= 15 is 0 Å². The van der Waals surface area contributed by atoms with E-state index in [1.807, 2.05) is 6.07 Å². The predicted octanol–water partition coefficient (Wildman–Crippen LogP) is 5.25. The molecule has 0 bridgehead atoms. The molecule has 6 nitrogen and oxygen atoms in total. The van der Waals surface area contributed by atoms with Gasteiger partial charge in [-0.05, 0) is 67.5 Å². The molecule has 172 valence electrons. The third-order valence-electron chi connectivity index (χ3n) is 5.59. The number of hydrogen-bond donors (Lipinski definition) is 0. The van der Waals surface area contributed by atoms with Gasteiger partial charge in [-0.15, -0.1) is 11.3 Å². The van der Waals surface area contributed by atoms with E-state index in [9.17, 15) is 14.4 Å². The first-order chi connectivity index (χ1) is 15.4. The van der Waals surface area contributed by atoms with E-state index in [1.165, 1.54) is 25.4 Å². The van der Waals surface area contributed by atoms with Gasteiger partial charge in [0, 0.05) is 23.2 Å². The summed E-state index contributed by atoms with van der Waals surface area (Å²) in [5, 5.41) is 0.487. The van der Waals surface area contributed by atoms with Crippen LogP contribution in [0.4, 0.5) is 0 Å². The zero-order chi connectivity index (χ0) is 23.1. The lowest BCUT2D eigenvalue weighted by molar-refractivity contribution is -0.142. The summed E-state index contributed by atoms with van der Waals surface area (Å²) in [6.07, 6.45) is 4.20. The van der Waals surface area contributed by atoms with Gasteiger partial charge in [-0.2, -0.15) is 0 Å². The van der Waals surface area contributed by atoms with E-state index in [4.69, 9.17) is 25.8 Å². The van der Waals surface area contributed by atoms with Gasteiger partial charge in [-0.25, -0.2) is 4.79 Å². The summed E-state index contributed by atoms with van der Waals surface area (Å²) in [5.41, 5.74) is 0.735. The number of thiophene rings is 1. The lowest BCUT2D eigenvalue weighted by atomic mass is 9.91. The molecule has 1 aliphatic carbocycles. The van der Waals surface area contributed by atoms with Crippen molar-refractivity contribution in [2.24, 2.45) is 11.8 Å². The van der Waals surface area contributed by atoms with Crippen molar-refractivity contribution in [2.75, 3.05) is 13.7 Å². The van der Waals surface area contributed by atoms with Gasteiger partial charge in [-0.1, -0.05) is 11.6 Å². The van der Waals surface area contributed by atoms with Crippen LogP contribution in [-0.2, 0) is 32.1 Å². The summed E-state index contributed by atoms with van der Waals surface area (Å²) < 4.78 is 15.7. The fourth-order valence-electron chi connectivity index (χ4n) is 3.97. The predicted molar refractivity (Wildman–Crippen MR) is 122 cm³/mol. The molecule has 8 heteroatoms. The molecule has 3 rings (SSSR count). The van der Waals surface area contributed by atoms with Gasteiger partial charge in [0.25, 0.3) is 0 Å². The summed E-state index contributed by atoms with van der Waals surface area (Å²) in [6, 6.07) is 8.95. The fraction of sp³-hybridized carbons (Fsp3) is 0.458. The Bertz CT molecular complexity index is 969. The highest BCUT2D eigenvalue weighted by Crippen LogP contribution is 2.34. The number of methoxy groups -OCH3 is 1. The van der Waals surface area contributed by atoms with E-state index in [2.05, 4.69) is 0 Å². The topological polar surface area (TPSA) is 78.9 Å². The van der Waals surface area contributed by atoms with E-state index < -0.39 is 0 Å². The maximum atomic E-state index is 12.4. The Kier molecular flexibility index (Phi) is 8.70. The summed E-state index contributed by atoms with van der Waals surface area (Å²) >= 11 is 7.62. The third kappa shape index (κ3) is 6.81. The Morgan fingerprint density at radius 2 is 2.03 bits per heavy atom. The zero-order valence-corrected chi connectivity index (χ0v) is 19.8. The van der Waals surface area contributed by atoms with Gasteiger partial charge in [0.1, 0.15) is 23.0 Å². The number of ketones is 1. The van der Waals surface area contributed by atoms with Gasteiger partial charge in [0.05, 0.1) is 19.6 Å². The number of halogens is 1. The first-order valence-corrected chi connectivity index (χ1v) is 11.8. The number of hydrogen-bond acceptors (Lipinski definition) is 7. The van der Waals surface area contributed by atoms with Crippen LogP contribution in [0.5, 0.6) is 5.75 Å². The molecular formula is C24H27ClO6S. The molecule has 1 heterocycles. The van der Waals surface area contributed by atoms with Crippen LogP contribution in [0.1, 0.15) is 52.7 Å².